The monoisotopic (exact) mass is 426 g/mol. The fourth-order valence-corrected chi connectivity index (χ4v) is 4.33. The zero-order valence-corrected chi connectivity index (χ0v) is 16.7. The molecule has 0 unspecified atom stereocenters. The van der Waals surface area contributed by atoms with Gasteiger partial charge in [-0.2, -0.15) is 0 Å². The van der Waals surface area contributed by atoms with E-state index in [9.17, 15) is 9.50 Å². The van der Waals surface area contributed by atoms with Crippen molar-refractivity contribution in [2.24, 2.45) is 0 Å². The minimum Gasteiger partial charge on any atom is -0.394 e. The van der Waals surface area contributed by atoms with Gasteiger partial charge in [0.2, 0.25) is 0 Å². The lowest BCUT2D eigenvalue weighted by atomic mass is 10.1. The van der Waals surface area contributed by atoms with Crippen LogP contribution in [-0.4, -0.2) is 54.0 Å². The van der Waals surface area contributed by atoms with Gasteiger partial charge in [-0.25, -0.2) is 14.4 Å². The summed E-state index contributed by atoms with van der Waals surface area (Å²) in [5, 5.41) is 9.95. The number of hydrogen-bond donors (Lipinski definition) is 1. The molecule has 150 valence electrons. The van der Waals surface area contributed by atoms with Crippen LogP contribution >= 0.6 is 23.2 Å². The molecule has 0 bridgehead atoms. The minimum atomic E-state index is -0.518. The van der Waals surface area contributed by atoms with Gasteiger partial charge in [0.1, 0.15) is 29.9 Å². The third-order valence-electron chi connectivity index (χ3n) is 5.30. The number of ether oxygens (including phenoxy) is 1. The summed E-state index contributed by atoms with van der Waals surface area (Å²) >= 11 is 12.1. The van der Waals surface area contributed by atoms with Gasteiger partial charge < -0.3 is 19.6 Å². The van der Waals surface area contributed by atoms with E-state index < -0.39 is 5.82 Å². The topological polar surface area (TPSA) is 61.7 Å². The van der Waals surface area contributed by atoms with E-state index in [1.807, 2.05) is 6.07 Å². The summed E-state index contributed by atoms with van der Waals surface area (Å²) < 4.78 is 19.8. The first-order chi connectivity index (χ1) is 13.6. The number of rotatable bonds is 4. The minimum absolute atomic E-state index is 0.00842. The van der Waals surface area contributed by atoms with Gasteiger partial charge in [0.25, 0.3) is 0 Å². The van der Waals surface area contributed by atoms with E-state index in [-0.39, 0.29) is 23.8 Å². The first kappa shape index (κ1) is 19.6. The lowest BCUT2D eigenvalue weighted by molar-refractivity contribution is 0.0394. The summed E-state index contributed by atoms with van der Waals surface area (Å²) in [5.74, 6) is 1.06. The van der Waals surface area contributed by atoms with E-state index >= 15 is 0 Å². The Morgan fingerprint density at radius 2 is 1.96 bits per heavy atom. The molecular weight excluding hydrogens is 406 g/mol. The average molecular weight is 427 g/mol. The van der Waals surface area contributed by atoms with E-state index in [0.717, 1.165) is 31.0 Å². The largest absolute Gasteiger partial charge is 0.394 e. The van der Waals surface area contributed by atoms with Crippen LogP contribution in [0.5, 0.6) is 0 Å². The predicted octanol–water partition coefficient (Wildman–Crippen LogP) is 3.46. The van der Waals surface area contributed by atoms with Gasteiger partial charge >= 0.3 is 0 Å². The molecule has 1 aromatic heterocycles. The Morgan fingerprint density at radius 1 is 1.14 bits per heavy atom. The molecule has 2 aromatic rings. The second-order valence-electron chi connectivity index (χ2n) is 7.00. The fourth-order valence-electron chi connectivity index (χ4n) is 3.82. The number of benzene rings is 1. The fraction of sp³-hybridized carbons (Fsp3) is 0.474. The number of hydrogen-bond acceptors (Lipinski definition) is 6. The van der Waals surface area contributed by atoms with Gasteiger partial charge in [-0.15, -0.1) is 0 Å². The molecule has 1 N–H and O–H groups in total. The quantitative estimate of drug-likeness (QED) is 0.755. The number of aromatic nitrogens is 2. The van der Waals surface area contributed by atoms with Gasteiger partial charge in [0.15, 0.2) is 0 Å². The summed E-state index contributed by atoms with van der Waals surface area (Å²) in [6.45, 7) is 2.59. The zero-order chi connectivity index (χ0) is 19.7. The first-order valence-electron chi connectivity index (χ1n) is 9.27. The van der Waals surface area contributed by atoms with Crippen molar-refractivity contribution in [3.63, 3.8) is 0 Å². The predicted molar refractivity (Wildman–Crippen MR) is 107 cm³/mol. The molecule has 28 heavy (non-hydrogen) atoms. The second-order valence-corrected chi connectivity index (χ2v) is 7.81. The highest BCUT2D eigenvalue weighted by molar-refractivity contribution is 6.35. The summed E-state index contributed by atoms with van der Waals surface area (Å²) in [7, 11) is 0. The van der Waals surface area contributed by atoms with Crippen molar-refractivity contribution < 1.29 is 14.2 Å². The second kappa shape index (κ2) is 8.37. The third-order valence-corrected chi connectivity index (χ3v) is 5.91. The number of morpholine rings is 1. The molecule has 2 aliphatic rings. The standard InChI is InChI=1S/C19H21Cl2FN4O2/c20-14-7-15(21)16(22)6-13(14)17-9-25(4-5-28-17)18-8-19(24-11-23-18)26-3-1-2-12(26)10-27/h6-8,11-12,17,27H,1-5,9-10H2/t12-,17-/m0/s1. The van der Waals surface area contributed by atoms with Crippen molar-refractivity contribution in [2.45, 2.75) is 25.0 Å². The molecule has 9 heteroatoms. The smallest absolute Gasteiger partial charge is 0.142 e. The van der Waals surface area contributed by atoms with Crippen LogP contribution in [0.25, 0.3) is 0 Å². The van der Waals surface area contributed by atoms with E-state index in [4.69, 9.17) is 27.9 Å². The number of nitrogens with zero attached hydrogens (tertiary/aromatic N) is 4. The number of halogens is 3. The van der Waals surface area contributed by atoms with Crippen molar-refractivity contribution in [1.29, 1.82) is 0 Å². The third kappa shape index (κ3) is 3.89. The molecule has 0 aliphatic carbocycles. The van der Waals surface area contributed by atoms with Crippen LogP contribution < -0.4 is 9.80 Å². The molecule has 0 amide bonds. The molecule has 0 spiro atoms. The first-order valence-corrected chi connectivity index (χ1v) is 10.0. The molecule has 0 saturated carbocycles. The van der Waals surface area contributed by atoms with E-state index in [1.54, 1.807) is 0 Å². The zero-order valence-electron chi connectivity index (χ0n) is 15.2. The maximum absolute atomic E-state index is 13.9. The summed E-state index contributed by atoms with van der Waals surface area (Å²) in [6, 6.07) is 4.76. The Hall–Kier alpha value is -1.67. The molecule has 2 aliphatic heterocycles. The van der Waals surface area contributed by atoms with E-state index in [1.165, 1.54) is 18.5 Å². The van der Waals surface area contributed by atoms with Crippen LogP contribution in [0.4, 0.5) is 16.0 Å². The van der Waals surface area contributed by atoms with Crippen molar-refractivity contribution in [3.8, 4) is 0 Å². The van der Waals surface area contributed by atoms with Gasteiger partial charge in [0, 0.05) is 36.3 Å². The molecule has 0 radical (unpaired) electrons. The molecule has 2 fully saturated rings. The van der Waals surface area contributed by atoms with Crippen LogP contribution in [0, 0.1) is 5.82 Å². The van der Waals surface area contributed by atoms with E-state index in [2.05, 4.69) is 19.8 Å². The highest BCUT2D eigenvalue weighted by Gasteiger charge is 2.28. The summed E-state index contributed by atoms with van der Waals surface area (Å²) in [5.41, 5.74) is 0.572. The average Bonchev–Trinajstić information content (AvgIpc) is 3.20. The Labute approximate surface area is 172 Å². The molecule has 6 nitrogen and oxygen atoms in total. The Morgan fingerprint density at radius 3 is 2.79 bits per heavy atom. The normalized spacial score (nSPS) is 22.7. The van der Waals surface area contributed by atoms with E-state index in [0.29, 0.717) is 30.3 Å². The Kier molecular flexibility index (Phi) is 5.87. The van der Waals surface area contributed by atoms with Crippen LogP contribution in [0.1, 0.15) is 24.5 Å². The number of aliphatic hydroxyl groups excluding tert-OH is 1. The molecule has 2 saturated heterocycles. The van der Waals surface area contributed by atoms with Crippen LogP contribution in [0.3, 0.4) is 0 Å². The highest BCUT2D eigenvalue weighted by Crippen LogP contribution is 2.34. The van der Waals surface area contributed by atoms with Crippen LogP contribution in [0.15, 0.2) is 24.5 Å². The van der Waals surface area contributed by atoms with Gasteiger partial charge in [0.05, 0.1) is 24.3 Å². The SMILES string of the molecule is OC[C@@H]1CCCN1c1cc(N2CCO[C@H](c3cc(F)c(Cl)cc3Cl)C2)ncn1. The van der Waals surface area contributed by atoms with Gasteiger partial charge in [-0.3, -0.25) is 0 Å². The molecule has 4 rings (SSSR count). The van der Waals surface area contributed by atoms with Gasteiger partial charge in [-0.05, 0) is 25.0 Å². The van der Waals surface area contributed by atoms with Crippen molar-refractivity contribution in [2.75, 3.05) is 42.6 Å². The van der Waals surface area contributed by atoms with Crippen LogP contribution in [0.2, 0.25) is 10.0 Å². The molecular formula is C19H21Cl2FN4O2. The number of anilines is 2. The molecule has 1 aromatic carbocycles. The summed E-state index contributed by atoms with van der Waals surface area (Å²) in [6.07, 6.45) is 3.14. The van der Waals surface area contributed by atoms with Crippen LogP contribution in [-0.2, 0) is 4.74 Å². The maximum Gasteiger partial charge on any atom is 0.142 e. The highest BCUT2D eigenvalue weighted by atomic mass is 35.5. The number of aliphatic hydroxyl groups is 1. The lowest BCUT2D eigenvalue weighted by Crippen LogP contribution is -2.39. The van der Waals surface area contributed by atoms with Gasteiger partial charge in [-0.1, -0.05) is 23.2 Å². The van der Waals surface area contributed by atoms with Crippen molar-refractivity contribution in [1.82, 2.24) is 9.97 Å². The lowest BCUT2D eigenvalue weighted by Gasteiger charge is -2.34. The van der Waals surface area contributed by atoms with Crippen molar-refractivity contribution in [3.05, 3.63) is 46.0 Å². The maximum atomic E-state index is 13.9. The van der Waals surface area contributed by atoms with Crippen molar-refractivity contribution >= 4 is 34.8 Å². The molecule has 3 heterocycles. The molecule has 2 atom stereocenters. The Balaban J connectivity index is 1.55. The summed E-state index contributed by atoms with van der Waals surface area (Å²) in [4.78, 5) is 13.0. The Bertz CT molecular complexity index is 857.